The number of hydrogen-bond donors (Lipinski definition) is 0. The number of carbonyl (C=O) groups is 1. The first-order valence-electron chi connectivity index (χ1n) is 7.55. The monoisotopic (exact) mass is 299 g/mol. The third kappa shape index (κ3) is 2.56. The van der Waals surface area contributed by atoms with Gasteiger partial charge in [-0.1, -0.05) is 11.2 Å². The van der Waals surface area contributed by atoms with Crippen molar-refractivity contribution in [2.24, 2.45) is 0 Å². The lowest BCUT2D eigenvalue weighted by molar-refractivity contribution is 0.0152. The lowest BCUT2D eigenvalue weighted by Crippen LogP contribution is -2.56. The van der Waals surface area contributed by atoms with E-state index in [4.69, 9.17) is 9.26 Å². The molecule has 0 atom stereocenters. The molecule has 2 aliphatic rings. The second kappa shape index (κ2) is 5.12. The first-order chi connectivity index (χ1) is 10.7. The van der Waals surface area contributed by atoms with E-state index in [-0.39, 0.29) is 12.0 Å². The van der Waals surface area contributed by atoms with Crippen molar-refractivity contribution in [2.75, 3.05) is 13.1 Å². The van der Waals surface area contributed by atoms with Crippen molar-refractivity contribution in [3.63, 3.8) is 0 Å². The van der Waals surface area contributed by atoms with Crippen molar-refractivity contribution >= 4 is 5.91 Å². The minimum Gasteiger partial charge on any atom is -0.471 e. The van der Waals surface area contributed by atoms with E-state index in [0.717, 1.165) is 24.3 Å². The molecule has 0 N–H and O–H groups in total. The molecule has 114 valence electrons. The summed E-state index contributed by atoms with van der Waals surface area (Å²) in [7, 11) is 0. The van der Waals surface area contributed by atoms with E-state index in [2.05, 4.69) is 10.1 Å². The molecule has 1 aliphatic heterocycles. The largest absolute Gasteiger partial charge is 0.471 e. The Morgan fingerprint density at radius 1 is 1.36 bits per heavy atom. The third-order valence-electron chi connectivity index (χ3n) is 4.01. The van der Waals surface area contributed by atoms with Crippen LogP contribution in [0.4, 0.5) is 0 Å². The average molecular weight is 299 g/mol. The highest BCUT2D eigenvalue weighted by Crippen LogP contribution is 2.40. The van der Waals surface area contributed by atoms with Gasteiger partial charge in [0.25, 0.3) is 5.91 Å². The van der Waals surface area contributed by atoms with Gasteiger partial charge in [-0.2, -0.15) is 0 Å². The summed E-state index contributed by atoms with van der Waals surface area (Å²) >= 11 is 0. The number of likely N-dealkylation sites (tertiary alicyclic amines) is 1. The normalized spacial score (nSPS) is 18.1. The van der Waals surface area contributed by atoms with E-state index in [9.17, 15) is 4.79 Å². The summed E-state index contributed by atoms with van der Waals surface area (Å²) in [4.78, 5) is 18.3. The minimum atomic E-state index is -0.0901. The molecule has 0 radical (unpaired) electrons. The summed E-state index contributed by atoms with van der Waals surface area (Å²) in [6, 6.07) is 7.44. The molecule has 2 aromatic rings. The summed E-state index contributed by atoms with van der Waals surface area (Å²) in [5, 5.41) is 3.88. The lowest BCUT2D eigenvalue weighted by Gasteiger charge is -2.38. The number of rotatable bonds is 4. The summed E-state index contributed by atoms with van der Waals surface area (Å²) in [6.45, 7) is 3.03. The van der Waals surface area contributed by atoms with Gasteiger partial charge in [-0.05, 0) is 25.8 Å². The van der Waals surface area contributed by atoms with Crippen molar-refractivity contribution in [1.29, 1.82) is 0 Å². The summed E-state index contributed by atoms with van der Waals surface area (Å²) < 4.78 is 11.0. The van der Waals surface area contributed by atoms with Gasteiger partial charge < -0.3 is 14.2 Å². The Morgan fingerprint density at radius 3 is 2.91 bits per heavy atom. The van der Waals surface area contributed by atoms with Gasteiger partial charge in [-0.15, -0.1) is 0 Å². The van der Waals surface area contributed by atoms with E-state index in [1.807, 2.05) is 25.1 Å². The summed E-state index contributed by atoms with van der Waals surface area (Å²) in [6.07, 6.45) is 2.26. The highest BCUT2D eigenvalue weighted by Gasteiger charge is 2.35. The van der Waals surface area contributed by atoms with E-state index in [1.54, 1.807) is 11.0 Å². The molecule has 0 spiro atoms. The first kappa shape index (κ1) is 13.3. The number of aryl methyl sites for hydroxylation is 1. The molecule has 22 heavy (non-hydrogen) atoms. The van der Waals surface area contributed by atoms with E-state index in [1.165, 1.54) is 0 Å². The number of nitrogens with zero attached hydrogens (tertiary/aromatic N) is 3. The third-order valence-corrected chi connectivity index (χ3v) is 4.01. The van der Waals surface area contributed by atoms with Gasteiger partial charge in [-0.3, -0.25) is 4.79 Å². The fourth-order valence-corrected chi connectivity index (χ4v) is 2.55. The first-order valence-corrected chi connectivity index (χ1v) is 7.55. The summed E-state index contributed by atoms with van der Waals surface area (Å²) in [5.74, 6) is 1.82. The van der Waals surface area contributed by atoms with E-state index in [0.29, 0.717) is 30.6 Å². The van der Waals surface area contributed by atoms with Crippen LogP contribution in [0.25, 0.3) is 0 Å². The Bertz CT molecular complexity index is 702. The number of pyridine rings is 1. The molecule has 3 heterocycles. The van der Waals surface area contributed by atoms with Crippen molar-refractivity contribution in [3.05, 3.63) is 41.4 Å². The minimum absolute atomic E-state index is 0.00643. The van der Waals surface area contributed by atoms with Gasteiger partial charge in [-0.25, -0.2) is 4.98 Å². The predicted molar refractivity (Wildman–Crippen MR) is 77.8 cm³/mol. The van der Waals surface area contributed by atoms with Crippen LogP contribution < -0.4 is 4.74 Å². The maximum Gasteiger partial charge on any atom is 0.276 e. The highest BCUT2D eigenvalue weighted by atomic mass is 16.5. The molecule has 4 rings (SSSR count). The van der Waals surface area contributed by atoms with Crippen LogP contribution in [0.1, 0.15) is 40.7 Å². The predicted octanol–water partition coefficient (Wildman–Crippen LogP) is 2.16. The van der Waals surface area contributed by atoms with Gasteiger partial charge in [0.15, 0.2) is 5.69 Å². The van der Waals surface area contributed by atoms with Gasteiger partial charge >= 0.3 is 0 Å². The second-order valence-corrected chi connectivity index (χ2v) is 5.96. The van der Waals surface area contributed by atoms with Crippen LogP contribution in [-0.4, -0.2) is 40.1 Å². The topological polar surface area (TPSA) is 68.5 Å². The Morgan fingerprint density at radius 2 is 2.18 bits per heavy atom. The molecule has 1 saturated carbocycles. The van der Waals surface area contributed by atoms with Gasteiger partial charge in [0.05, 0.1) is 13.1 Å². The molecular weight excluding hydrogens is 282 g/mol. The molecule has 0 unspecified atom stereocenters. The molecule has 2 aromatic heterocycles. The highest BCUT2D eigenvalue weighted by molar-refractivity contribution is 5.92. The smallest absolute Gasteiger partial charge is 0.276 e. The molecule has 0 aromatic carbocycles. The zero-order valence-corrected chi connectivity index (χ0v) is 12.4. The van der Waals surface area contributed by atoms with Crippen molar-refractivity contribution in [3.8, 4) is 5.88 Å². The quantitative estimate of drug-likeness (QED) is 0.865. The Kier molecular flexibility index (Phi) is 3.10. The molecule has 1 aliphatic carbocycles. The van der Waals surface area contributed by atoms with Gasteiger partial charge in [0.2, 0.25) is 5.88 Å². The Hall–Kier alpha value is -2.37. The molecule has 1 saturated heterocycles. The van der Waals surface area contributed by atoms with Gasteiger partial charge in [0.1, 0.15) is 11.9 Å². The standard InChI is InChI=1S/C16H17N3O3/c1-10-3-2-4-15(17-10)21-12-8-19(9-12)16(20)13-7-14(22-18-13)11-5-6-11/h2-4,7,11-12H,5-6,8-9H2,1H3. The van der Waals surface area contributed by atoms with Crippen LogP contribution in [0, 0.1) is 6.92 Å². The fourth-order valence-electron chi connectivity index (χ4n) is 2.55. The van der Waals surface area contributed by atoms with Crippen LogP contribution >= 0.6 is 0 Å². The number of ether oxygens (including phenoxy) is 1. The Balaban J connectivity index is 1.33. The number of amides is 1. The van der Waals surface area contributed by atoms with E-state index >= 15 is 0 Å². The molecule has 6 heteroatoms. The maximum atomic E-state index is 12.3. The second-order valence-electron chi connectivity index (χ2n) is 5.96. The molecule has 1 amide bonds. The van der Waals surface area contributed by atoms with Crippen LogP contribution in [0.3, 0.4) is 0 Å². The van der Waals surface area contributed by atoms with Crippen LogP contribution in [0.5, 0.6) is 5.88 Å². The zero-order chi connectivity index (χ0) is 15.1. The maximum absolute atomic E-state index is 12.3. The average Bonchev–Trinajstić information content (AvgIpc) is 3.19. The molecule has 0 bridgehead atoms. The zero-order valence-electron chi connectivity index (χ0n) is 12.4. The molecule has 6 nitrogen and oxygen atoms in total. The number of carbonyl (C=O) groups excluding carboxylic acids is 1. The summed E-state index contributed by atoms with van der Waals surface area (Å²) in [5.41, 5.74) is 1.31. The van der Waals surface area contributed by atoms with Crippen LogP contribution in [0.15, 0.2) is 28.8 Å². The van der Waals surface area contributed by atoms with Crippen molar-refractivity contribution < 1.29 is 14.1 Å². The van der Waals surface area contributed by atoms with Gasteiger partial charge in [0, 0.05) is 23.7 Å². The fraction of sp³-hybridized carbons (Fsp3) is 0.438. The lowest BCUT2D eigenvalue weighted by atomic mass is 10.1. The molecular formula is C16H17N3O3. The number of hydrogen-bond acceptors (Lipinski definition) is 5. The molecule has 2 fully saturated rings. The SMILES string of the molecule is Cc1cccc(OC2CN(C(=O)c3cc(C4CC4)on3)C2)n1. The van der Waals surface area contributed by atoms with Crippen LogP contribution in [-0.2, 0) is 0 Å². The number of aromatic nitrogens is 2. The van der Waals surface area contributed by atoms with E-state index < -0.39 is 0 Å². The van der Waals surface area contributed by atoms with Crippen molar-refractivity contribution in [1.82, 2.24) is 15.0 Å². The Labute approximate surface area is 128 Å². The van der Waals surface area contributed by atoms with Crippen LogP contribution in [0.2, 0.25) is 0 Å². The van der Waals surface area contributed by atoms with Crippen molar-refractivity contribution in [2.45, 2.75) is 31.8 Å².